The molecule has 33 heavy (non-hydrogen) atoms. The van der Waals surface area contributed by atoms with Gasteiger partial charge >= 0.3 is 0 Å². The van der Waals surface area contributed by atoms with Crippen molar-refractivity contribution in [2.45, 2.75) is 44.2 Å². The lowest BCUT2D eigenvalue weighted by atomic mass is 9.97. The predicted molar refractivity (Wildman–Crippen MR) is 126 cm³/mol. The highest BCUT2D eigenvalue weighted by Crippen LogP contribution is 2.21. The first kappa shape index (κ1) is 25.0. The van der Waals surface area contributed by atoms with Gasteiger partial charge in [0, 0.05) is 26.2 Å². The molecule has 0 aliphatic carbocycles. The molecule has 0 unspecified atom stereocenters. The number of likely N-dealkylation sites (tertiary alicyclic amines) is 2. The van der Waals surface area contributed by atoms with Crippen LogP contribution in [0.2, 0.25) is 0 Å². The second-order valence-corrected chi connectivity index (χ2v) is 10.7. The third-order valence-corrected chi connectivity index (χ3v) is 7.01. The van der Waals surface area contributed by atoms with Crippen molar-refractivity contribution in [2.24, 2.45) is 11.7 Å². The molecule has 10 nitrogen and oxygen atoms in total. The van der Waals surface area contributed by atoms with Crippen molar-refractivity contribution in [1.82, 2.24) is 19.8 Å². The summed E-state index contributed by atoms with van der Waals surface area (Å²) < 4.78 is 26.3. The van der Waals surface area contributed by atoms with Crippen LogP contribution in [0.5, 0.6) is 0 Å². The molecule has 0 spiro atoms. The van der Waals surface area contributed by atoms with E-state index >= 15 is 0 Å². The molecule has 11 heteroatoms. The smallest absolute Gasteiger partial charge is 0.242 e. The molecule has 1 aromatic rings. The highest BCUT2D eigenvalue weighted by Gasteiger charge is 2.38. The van der Waals surface area contributed by atoms with Crippen LogP contribution in [0, 0.1) is 11.3 Å². The minimum Gasteiger partial charge on any atom is -0.370 e. The van der Waals surface area contributed by atoms with Gasteiger partial charge in [0.25, 0.3) is 0 Å². The Kier molecular flexibility index (Phi) is 8.30. The first-order valence-corrected chi connectivity index (χ1v) is 13.2. The summed E-state index contributed by atoms with van der Waals surface area (Å²) in [5.41, 5.74) is 6.37. The highest BCUT2D eigenvalue weighted by molar-refractivity contribution is 7.88. The first-order chi connectivity index (χ1) is 15.6. The van der Waals surface area contributed by atoms with E-state index < -0.39 is 22.1 Å². The number of nitrogens with two attached hydrogens (primary N) is 1. The summed E-state index contributed by atoms with van der Waals surface area (Å²) in [6.45, 7) is 2.33. The minimum atomic E-state index is -3.62. The number of carbonyl (C=O) groups excluding carboxylic acids is 2. The number of nitrogens with one attached hydrogen (secondary N) is 3. The van der Waals surface area contributed by atoms with E-state index in [-0.39, 0.29) is 24.2 Å². The fourth-order valence-corrected chi connectivity index (χ4v) is 5.23. The van der Waals surface area contributed by atoms with Crippen molar-refractivity contribution in [3.05, 3.63) is 35.9 Å². The van der Waals surface area contributed by atoms with Crippen LogP contribution in [0.25, 0.3) is 0 Å². The van der Waals surface area contributed by atoms with E-state index in [1.54, 1.807) is 0 Å². The summed E-state index contributed by atoms with van der Waals surface area (Å²) in [4.78, 5) is 29.6. The highest BCUT2D eigenvalue weighted by atomic mass is 32.2. The molecule has 0 aromatic heterocycles. The van der Waals surface area contributed by atoms with Gasteiger partial charge in [-0.15, -0.1) is 0 Å². The van der Waals surface area contributed by atoms with Gasteiger partial charge in [0.2, 0.25) is 21.8 Å². The quantitative estimate of drug-likeness (QED) is 0.302. The van der Waals surface area contributed by atoms with Gasteiger partial charge in [-0.05, 0) is 43.6 Å². The molecule has 2 fully saturated rings. The molecule has 0 radical (unpaired) electrons. The molecule has 2 aliphatic rings. The van der Waals surface area contributed by atoms with Crippen molar-refractivity contribution in [3.63, 3.8) is 0 Å². The number of hydrogen-bond donors (Lipinski definition) is 4. The first-order valence-electron chi connectivity index (χ1n) is 11.3. The minimum absolute atomic E-state index is 0.0744. The molecule has 5 N–H and O–H groups in total. The average molecular weight is 479 g/mol. The van der Waals surface area contributed by atoms with Crippen molar-refractivity contribution in [1.29, 1.82) is 5.41 Å². The Morgan fingerprint density at radius 3 is 2.42 bits per heavy atom. The fourth-order valence-electron chi connectivity index (χ4n) is 4.53. The van der Waals surface area contributed by atoms with Crippen LogP contribution in [-0.2, 0) is 26.0 Å². The summed E-state index contributed by atoms with van der Waals surface area (Å²) in [6.07, 6.45) is 4.17. The van der Waals surface area contributed by atoms with E-state index in [9.17, 15) is 18.0 Å². The molecular weight excluding hydrogens is 444 g/mol. The van der Waals surface area contributed by atoms with E-state index in [0.717, 1.165) is 24.7 Å². The normalized spacial score (nSPS) is 20.5. The van der Waals surface area contributed by atoms with Gasteiger partial charge in [0.15, 0.2) is 5.96 Å². The Morgan fingerprint density at radius 2 is 1.82 bits per heavy atom. The van der Waals surface area contributed by atoms with E-state index in [1.165, 1.54) is 4.90 Å². The Morgan fingerprint density at radius 1 is 1.15 bits per heavy atom. The number of benzene rings is 1. The van der Waals surface area contributed by atoms with Gasteiger partial charge in [-0.25, -0.2) is 13.1 Å². The van der Waals surface area contributed by atoms with E-state index in [4.69, 9.17) is 11.1 Å². The second-order valence-electron chi connectivity index (χ2n) is 8.88. The zero-order valence-corrected chi connectivity index (χ0v) is 19.8. The standard InChI is InChI=1S/C22H34N6O4S/c1-33(31,32)26-18(14-16-6-3-2-4-7-16)21(30)28-11-5-8-19(28)20(29)25-15-17-9-12-27(13-10-17)22(23)24/h2-4,6-7,17-19,26H,5,8-15H2,1H3,(H3,23,24)(H,25,29)/t18-,19-/m1/s1. The third kappa shape index (κ3) is 7.16. The number of piperidine rings is 1. The van der Waals surface area contributed by atoms with Crippen molar-refractivity contribution < 1.29 is 18.0 Å². The number of sulfonamides is 1. The van der Waals surface area contributed by atoms with E-state index in [2.05, 4.69) is 10.0 Å². The molecule has 2 saturated heterocycles. The van der Waals surface area contributed by atoms with Crippen molar-refractivity contribution in [3.8, 4) is 0 Å². The van der Waals surface area contributed by atoms with E-state index in [1.807, 2.05) is 35.2 Å². The predicted octanol–water partition coefficient (Wildman–Crippen LogP) is -0.140. The maximum Gasteiger partial charge on any atom is 0.242 e. The lowest BCUT2D eigenvalue weighted by Crippen LogP contribution is -2.54. The van der Waals surface area contributed by atoms with Crippen LogP contribution in [0.1, 0.15) is 31.2 Å². The molecule has 0 bridgehead atoms. The van der Waals surface area contributed by atoms with Gasteiger partial charge in [-0.3, -0.25) is 15.0 Å². The molecule has 2 aliphatic heterocycles. The van der Waals surface area contributed by atoms with Crippen LogP contribution in [0.15, 0.2) is 30.3 Å². The molecular formula is C22H34N6O4S. The Labute approximate surface area is 195 Å². The van der Waals surface area contributed by atoms with Gasteiger partial charge in [0.1, 0.15) is 12.1 Å². The maximum absolute atomic E-state index is 13.3. The fraction of sp³-hybridized carbons (Fsp3) is 0.591. The SMILES string of the molecule is CS(=O)(=O)N[C@H](Cc1ccccc1)C(=O)N1CCC[C@@H]1C(=O)NCC1CCN(C(=N)N)CC1. The Balaban J connectivity index is 1.61. The van der Waals surface area contributed by atoms with Crippen LogP contribution in [-0.4, -0.2) is 80.5 Å². The van der Waals surface area contributed by atoms with Gasteiger partial charge < -0.3 is 20.9 Å². The van der Waals surface area contributed by atoms with Gasteiger partial charge in [-0.1, -0.05) is 30.3 Å². The van der Waals surface area contributed by atoms with Gasteiger partial charge in [0.05, 0.1) is 6.26 Å². The summed E-state index contributed by atoms with van der Waals surface area (Å²) in [5, 5.41) is 10.5. The summed E-state index contributed by atoms with van der Waals surface area (Å²) in [6, 6.07) is 7.65. The zero-order chi connectivity index (χ0) is 24.0. The molecule has 2 amide bonds. The Bertz CT molecular complexity index is 947. The molecule has 0 saturated carbocycles. The average Bonchev–Trinajstić information content (AvgIpc) is 3.26. The second kappa shape index (κ2) is 11.0. The van der Waals surface area contributed by atoms with E-state index in [0.29, 0.717) is 44.9 Å². The molecule has 2 heterocycles. The molecule has 3 rings (SSSR count). The topological polar surface area (TPSA) is 149 Å². The lowest BCUT2D eigenvalue weighted by molar-refractivity contribution is -0.139. The molecule has 1 aromatic carbocycles. The van der Waals surface area contributed by atoms with Crippen LogP contribution < -0.4 is 15.8 Å². The number of rotatable bonds is 8. The number of nitrogens with zero attached hydrogens (tertiary/aromatic N) is 2. The van der Waals surface area contributed by atoms with Crippen molar-refractivity contribution in [2.75, 3.05) is 32.4 Å². The largest absolute Gasteiger partial charge is 0.370 e. The van der Waals surface area contributed by atoms with Crippen LogP contribution in [0.3, 0.4) is 0 Å². The van der Waals surface area contributed by atoms with Crippen molar-refractivity contribution >= 4 is 27.8 Å². The molecule has 2 atom stereocenters. The number of guanidine groups is 1. The number of amides is 2. The van der Waals surface area contributed by atoms with Gasteiger partial charge in [-0.2, -0.15) is 0 Å². The monoisotopic (exact) mass is 478 g/mol. The lowest BCUT2D eigenvalue weighted by Gasteiger charge is -2.33. The van der Waals surface area contributed by atoms with Crippen LogP contribution >= 0.6 is 0 Å². The summed E-state index contributed by atoms with van der Waals surface area (Å²) >= 11 is 0. The zero-order valence-electron chi connectivity index (χ0n) is 19.0. The summed E-state index contributed by atoms with van der Waals surface area (Å²) in [7, 11) is -3.62. The third-order valence-electron chi connectivity index (χ3n) is 6.30. The summed E-state index contributed by atoms with van der Waals surface area (Å²) in [5.74, 6) is -0.206. The maximum atomic E-state index is 13.3. The molecule has 182 valence electrons. The van der Waals surface area contributed by atoms with Crippen LogP contribution in [0.4, 0.5) is 0 Å². The number of carbonyl (C=O) groups is 2. The Hall–Kier alpha value is -2.66. The number of hydrogen-bond acceptors (Lipinski definition) is 5.